The Bertz CT molecular complexity index is 947. The molecule has 0 bridgehead atoms. The molecule has 2 fully saturated rings. The summed E-state index contributed by atoms with van der Waals surface area (Å²) in [6.07, 6.45) is 6.98. The monoisotopic (exact) mass is 381 g/mol. The lowest BCUT2D eigenvalue weighted by molar-refractivity contribution is 0.0761. The average molecular weight is 382 g/mol. The van der Waals surface area contributed by atoms with Crippen LogP contribution < -0.4 is 0 Å². The minimum absolute atomic E-state index is 0.0725. The van der Waals surface area contributed by atoms with Gasteiger partial charge in [0.25, 0.3) is 5.91 Å². The van der Waals surface area contributed by atoms with Crippen LogP contribution in [0.3, 0.4) is 0 Å². The van der Waals surface area contributed by atoms with Gasteiger partial charge in [-0.05, 0) is 36.8 Å². The van der Waals surface area contributed by atoms with Crippen LogP contribution in [-0.2, 0) is 6.54 Å². The second-order valence-electron chi connectivity index (χ2n) is 7.45. The van der Waals surface area contributed by atoms with E-state index in [1.807, 2.05) is 17.3 Å². The molecule has 0 atom stereocenters. The lowest BCUT2D eigenvalue weighted by Gasteiger charge is -2.21. The Morgan fingerprint density at radius 2 is 2.11 bits per heavy atom. The standard InChI is InChI=1S/C20H23N5OS/c26-20(15-11-18-19(21-12-15)25(14-22-18)16-4-5-16)24-7-2-6-23(8-9-24)13-17-3-1-10-27-17/h1,3,10-12,14,16H,2,4-9,13H2. The van der Waals surface area contributed by atoms with Crippen LogP contribution in [0.25, 0.3) is 11.2 Å². The molecule has 1 aliphatic heterocycles. The lowest BCUT2D eigenvalue weighted by atomic mass is 10.2. The predicted octanol–water partition coefficient (Wildman–Crippen LogP) is 3.18. The van der Waals surface area contributed by atoms with Gasteiger partial charge in [-0.25, -0.2) is 9.97 Å². The molecule has 140 valence electrons. The van der Waals surface area contributed by atoms with E-state index < -0.39 is 0 Å². The number of carbonyl (C=O) groups excluding carboxylic acids is 1. The highest BCUT2D eigenvalue weighted by molar-refractivity contribution is 7.09. The van der Waals surface area contributed by atoms with E-state index in [-0.39, 0.29) is 5.91 Å². The minimum atomic E-state index is 0.0725. The Balaban J connectivity index is 1.28. The molecule has 3 aromatic rings. The van der Waals surface area contributed by atoms with E-state index in [1.54, 1.807) is 17.5 Å². The van der Waals surface area contributed by atoms with Crippen molar-refractivity contribution in [2.45, 2.75) is 31.8 Å². The van der Waals surface area contributed by atoms with E-state index in [0.29, 0.717) is 11.6 Å². The Morgan fingerprint density at radius 3 is 2.93 bits per heavy atom. The fourth-order valence-electron chi connectivity index (χ4n) is 3.79. The van der Waals surface area contributed by atoms with Gasteiger partial charge in [-0.3, -0.25) is 9.69 Å². The first kappa shape index (κ1) is 16.9. The summed E-state index contributed by atoms with van der Waals surface area (Å²) in [6, 6.07) is 6.73. The molecule has 6 nitrogen and oxygen atoms in total. The zero-order valence-corrected chi connectivity index (χ0v) is 16.1. The molecule has 1 saturated carbocycles. The maximum absolute atomic E-state index is 13.0. The van der Waals surface area contributed by atoms with Crippen molar-refractivity contribution in [1.82, 2.24) is 24.3 Å². The zero-order chi connectivity index (χ0) is 18.2. The van der Waals surface area contributed by atoms with Crippen LogP contribution in [0.1, 0.15) is 40.5 Å². The third-order valence-electron chi connectivity index (χ3n) is 5.44. The van der Waals surface area contributed by atoms with Gasteiger partial charge in [0, 0.05) is 49.8 Å². The van der Waals surface area contributed by atoms with Crippen molar-refractivity contribution in [2.75, 3.05) is 26.2 Å². The van der Waals surface area contributed by atoms with Crippen molar-refractivity contribution in [1.29, 1.82) is 0 Å². The molecule has 1 saturated heterocycles. The summed E-state index contributed by atoms with van der Waals surface area (Å²) in [7, 11) is 0. The zero-order valence-electron chi connectivity index (χ0n) is 15.3. The van der Waals surface area contributed by atoms with Crippen LogP contribution in [0.4, 0.5) is 0 Å². The molecule has 0 aromatic carbocycles. The molecule has 1 aliphatic carbocycles. The molecular weight excluding hydrogens is 358 g/mol. The highest BCUT2D eigenvalue weighted by Crippen LogP contribution is 2.36. The van der Waals surface area contributed by atoms with E-state index in [0.717, 1.165) is 50.3 Å². The highest BCUT2D eigenvalue weighted by Gasteiger charge is 2.26. The largest absolute Gasteiger partial charge is 0.337 e. The van der Waals surface area contributed by atoms with Gasteiger partial charge in [0.1, 0.15) is 5.52 Å². The van der Waals surface area contributed by atoms with Crippen LogP contribution in [0.2, 0.25) is 0 Å². The molecule has 1 amide bonds. The highest BCUT2D eigenvalue weighted by atomic mass is 32.1. The number of hydrogen-bond acceptors (Lipinski definition) is 5. The van der Waals surface area contributed by atoms with E-state index in [2.05, 4.69) is 36.9 Å². The minimum Gasteiger partial charge on any atom is -0.337 e. The van der Waals surface area contributed by atoms with Crippen LogP contribution >= 0.6 is 11.3 Å². The number of carbonyl (C=O) groups is 1. The number of nitrogens with zero attached hydrogens (tertiary/aromatic N) is 5. The number of amides is 1. The van der Waals surface area contributed by atoms with Gasteiger partial charge >= 0.3 is 0 Å². The first-order valence-corrected chi connectivity index (χ1v) is 10.5. The fourth-order valence-corrected chi connectivity index (χ4v) is 4.54. The second kappa shape index (κ2) is 7.05. The number of rotatable bonds is 4. The van der Waals surface area contributed by atoms with E-state index in [9.17, 15) is 4.79 Å². The van der Waals surface area contributed by atoms with Crippen LogP contribution in [-0.4, -0.2) is 56.4 Å². The Morgan fingerprint density at radius 1 is 1.19 bits per heavy atom. The van der Waals surface area contributed by atoms with Crippen LogP contribution in [0, 0.1) is 0 Å². The summed E-state index contributed by atoms with van der Waals surface area (Å²) in [4.78, 5) is 27.8. The quantitative estimate of drug-likeness (QED) is 0.697. The maximum atomic E-state index is 13.0. The summed E-state index contributed by atoms with van der Waals surface area (Å²) in [5.41, 5.74) is 2.36. The third kappa shape index (κ3) is 3.49. The number of thiophene rings is 1. The summed E-state index contributed by atoms with van der Waals surface area (Å²) in [5, 5.41) is 2.12. The SMILES string of the molecule is O=C(c1cnc2c(c1)ncn2C1CC1)N1CCCN(Cc2cccs2)CC1. The first-order chi connectivity index (χ1) is 13.3. The summed E-state index contributed by atoms with van der Waals surface area (Å²) in [5.74, 6) is 0.0725. The first-order valence-electron chi connectivity index (χ1n) is 9.64. The molecule has 3 aromatic heterocycles. The molecule has 27 heavy (non-hydrogen) atoms. The topological polar surface area (TPSA) is 54.3 Å². The predicted molar refractivity (Wildman–Crippen MR) is 106 cm³/mol. The lowest BCUT2D eigenvalue weighted by Crippen LogP contribution is -2.35. The molecule has 4 heterocycles. The van der Waals surface area contributed by atoms with Crippen molar-refractivity contribution >= 4 is 28.4 Å². The average Bonchev–Trinajstić information content (AvgIpc) is 3.31. The second-order valence-corrected chi connectivity index (χ2v) is 8.48. The molecule has 7 heteroatoms. The van der Waals surface area contributed by atoms with Crippen molar-refractivity contribution in [3.8, 4) is 0 Å². The van der Waals surface area contributed by atoms with Gasteiger partial charge in [-0.1, -0.05) is 6.07 Å². The van der Waals surface area contributed by atoms with Gasteiger partial charge in [-0.2, -0.15) is 0 Å². The third-order valence-corrected chi connectivity index (χ3v) is 6.30. The van der Waals surface area contributed by atoms with Gasteiger partial charge in [-0.15, -0.1) is 11.3 Å². The Hall–Kier alpha value is -2.25. The molecular formula is C20H23N5OS. The molecule has 0 spiro atoms. The van der Waals surface area contributed by atoms with Crippen LogP contribution in [0.5, 0.6) is 0 Å². The fraction of sp³-hybridized carbons (Fsp3) is 0.450. The van der Waals surface area contributed by atoms with Crippen molar-refractivity contribution in [3.63, 3.8) is 0 Å². The van der Waals surface area contributed by atoms with Crippen molar-refractivity contribution in [3.05, 3.63) is 46.5 Å². The number of hydrogen-bond donors (Lipinski definition) is 0. The maximum Gasteiger partial charge on any atom is 0.255 e. The van der Waals surface area contributed by atoms with E-state index in [1.165, 1.54) is 17.7 Å². The summed E-state index contributed by atoms with van der Waals surface area (Å²) < 4.78 is 2.14. The van der Waals surface area contributed by atoms with E-state index in [4.69, 9.17) is 0 Å². The molecule has 0 N–H and O–H groups in total. The van der Waals surface area contributed by atoms with Crippen LogP contribution in [0.15, 0.2) is 36.1 Å². The van der Waals surface area contributed by atoms with E-state index >= 15 is 0 Å². The van der Waals surface area contributed by atoms with Gasteiger partial charge in [0.05, 0.1) is 11.9 Å². The van der Waals surface area contributed by atoms with Gasteiger partial charge < -0.3 is 9.47 Å². The smallest absolute Gasteiger partial charge is 0.255 e. The van der Waals surface area contributed by atoms with Gasteiger partial charge in [0.15, 0.2) is 5.65 Å². The summed E-state index contributed by atoms with van der Waals surface area (Å²) >= 11 is 1.80. The number of imidazole rings is 1. The van der Waals surface area contributed by atoms with Crippen molar-refractivity contribution < 1.29 is 4.79 Å². The number of aromatic nitrogens is 3. The molecule has 2 aliphatic rings. The van der Waals surface area contributed by atoms with Gasteiger partial charge in [0.2, 0.25) is 0 Å². The Labute approximate surface area is 162 Å². The molecule has 0 unspecified atom stereocenters. The number of fused-ring (bicyclic) bond motifs is 1. The summed E-state index contributed by atoms with van der Waals surface area (Å²) in [6.45, 7) is 4.49. The molecule has 5 rings (SSSR count). The number of pyridine rings is 1. The molecule has 0 radical (unpaired) electrons. The normalized spacial score (nSPS) is 18.7. The Kier molecular flexibility index (Phi) is 4.41. The van der Waals surface area contributed by atoms with Crippen molar-refractivity contribution in [2.24, 2.45) is 0 Å².